The van der Waals surface area contributed by atoms with Crippen LogP contribution in [0.3, 0.4) is 0 Å². The Morgan fingerprint density at radius 1 is 1.35 bits per heavy atom. The molecule has 0 unspecified atom stereocenters. The second-order valence-corrected chi connectivity index (χ2v) is 8.23. The lowest BCUT2D eigenvalue weighted by Crippen LogP contribution is -2.33. The number of nitrogens with one attached hydrogen (secondary N) is 1. The Bertz CT molecular complexity index is 670. The van der Waals surface area contributed by atoms with Crippen LogP contribution in [-0.4, -0.2) is 37.8 Å². The topological polar surface area (TPSA) is 66.5 Å². The standard InChI is InChI=1S/C16H23ClN2O3S/c1-3-6-12(2)18-16(20)13-7-8-14(17)15(11-13)23(21,22)19-9-4-5-10-19/h7-8,11-12H,3-6,9-10H2,1-2H3,(H,18,20)/t12-/m1/s1. The Labute approximate surface area is 143 Å². The highest BCUT2D eigenvalue weighted by Crippen LogP contribution is 2.28. The van der Waals surface area contributed by atoms with E-state index in [1.165, 1.54) is 16.4 Å². The first-order valence-electron chi connectivity index (χ1n) is 7.97. The van der Waals surface area contributed by atoms with Crippen molar-refractivity contribution in [3.05, 3.63) is 28.8 Å². The van der Waals surface area contributed by atoms with Gasteiger partial charge in [0, 0.05) is 24.7 Å². The number of halogens is 1. The summed E-state index contributed by atoms with van der Waals surface area (Å²) in [6, 6.07) is 4.45. The van der Waals surface area contributed by atoms with Crippen LogP contribution < -0.4 is 5.32 Å². The fourth-order valence-corrected chi connectivity index (χ4v) is 4.74. The number of amides is 1. The zero-order valence-electron chi connectivity index (χ0n) is 13.5. The van der Waals surface area contributed by atoms with Crippen LogP contribution in [0, 0.1) is 0 Å². The molecule has 2 rings (SSSR count). The molecule has 0 saturated carbocycles. The molecule has 1 atom stereocenters. The maximum atomic E-state index is 12.7. The third-order valence-electron chi connectivity index (χ3n) is 3.98. The lowest BCUT2D eigenvalue weighted by atomic mass is 10.1. The van der Waals surface area contributed by atoms with E-state index in [4.69, 9.17) is 11.6 Å². The lowest BCUT2D eigenvalue weighted by Gasteiger charge is -2.18. The van der Waals surface area contributed by atoms with Gasteiger partial charge >= 0.3 is 0 Å². The summed E-state index contributed by atoms with van der Waals surface area (Å²) in [7, 11) is -3.64. The smallest absolute Gasteiger partial charge is 0.251 e. The number of benzene rings is 1. The van der Waals surface area contributed by atoms with Crippen LogP contribution in [0.2, 0.25) is 5.02 Å². The number of hydrogen-bond donors (Lipinski definition) is 1. The van der Waals surface area contributed by atoms with Crippen LogP contribution in [0.4, 0.5) is 0 Å². The van der Waals surface area contributed by atoms with E-state index < -0.39 is 10.0 Å². The van der Waals surface area contributed by atoms with Crippen LogP contribution in [0.1, 0.15) is 49.9 Å². The summed E-state index contributed by atoms with van der Waals surface area (Å²) in [4.78, 5) is 12.3. The molecule has 128 valence electrons. The van der Waals surface area contributed by atoms with Gasteiger partial charge in [-0.05, 0) is 44.4 Å². The van der Waals surface area contributed by atoms with Crippen molar-refractivity contribution in [2.24, 2.45) is 0 Å². The van der Waals surface area contributed by atoms with Crippen molar-refractivity contribution >= 4 is 27.5 Å². The van der Waals surface area contributed by atoms with Crippen LogP contribution in [0.5, 0.6) is 0 Å². The van der Waals surface area contributed by atoms with Gasteiger partial charge in [-0.15, -0.1) is 0 Å². The zero-order chi connectivity index (χ0) is 17.0. The molecule has 0 spiro atoms. The van der Waals surface area contributed by atoms with E-state index >= 15 is 0 Å². The second-order valence-electron chi connectivity index (χ2n) is 5.92. The van der Waals surface area contributed by atoms with Crippen molar-refractivity contribution in [2.45, 2.75) is 50.5 Å². The molecular weight excluding hydrogens is 336 g/mol. The molecular formula is C16H23ClN2O3S. The summed E-state index contributed by atoms with van der Waals surface area (Å²) in [5.41, 5.74) is 0.315. The second kappa shape index (κ2) is 7.64. The van der Waals surface area contributed by atoms with Crippen molar-refractivity contribution in [1.82, 2.24) is 9.62 Å². The Morgan fingerprint density at radius 3 is 2.61 bits per heavy atom. The van der Waals surface area contributed by atoms with Crippen molar-refractivity contribution in [3.8, 4) is 0 Å². The Kier molecular flexibility index (Phi) is 6.06. The average Bonchev–Trinajstić information content (AvgIpc) is 3.02. The number of hydrogen-bond acceptors (Lipinski definition) is 3. The van der Waals surface area contributed by atoms with Gasteiger partial charge in [0.05, 0.1) is 5.02 Å². The van der Waals surface area contributed by atoms with Crippen LogP contribution in [0.15, 0.2) is 23.1 Å². The predicted octanol–water partition coefficient (Wildman–Crippen LogP) is 3.04. The van der Waals surface area contributed by atoms with Gasteiger partial charge in [-0.3, -0.25) is 4.79 Å². The summed E-state index contributed by atoms with van der Waals surface area (Å²) in [5.74, 6) is -0.277. The Hall–Kier alpha value is -1.11. The fraction of sp³-hybridized carbons (Fsp3) is 0.562. The molecule has 7 heteroatoms. The number of rotatable bonds is 6. The Balaban J connectivity index is 2.27. The van der Waals surface area contributed by atoms with E-state index in [1.807, 2.05) is 13.8 Å². The lowest BCUT2D eigenvalue weighted by molar-refractivity contribution is 0.0938. The molecule has 1 aromatic carbocycles. The van der Waals surface area contributed by atoms with Crippen LogP contribution in [0.25, 0.3) is 0 Å². The minimum absolute atomic E-state index is 0.0110. The normalized spacial score (nSPS) is 17.2. The highest BCUT2D eigenvalue weighted by molar-refractivity contribution is 7.89. The van der Waals surface area contributed by atoms with E-state index in [0.717, 1.165) is 25.7 Å². The summed E-state index contributed by atoms with van der Waals surface area (Å²) < 4.78 is 26.8. The molecule has 1 aliphatic heterocycles. The third kappa shape index (κ3) is 4.25. The monoisotopic (exact) mass is 358 g/mol. The average molecular weight is 359 g/mol. The van der Waals surface area contributed by atoms with Crippen molar-refractivity contribution < 1.29 is 13.2 Å². The SMILES string of the molecule is CCC[C@@H](C)NC(=O)c1ccc(Cl)c(S(=O)(=O)N2CCCC2)c1. The molecule has 1 N–H and O–H groups in total. The maximum absolute atomic E-state index is 12.7. The fourth-order valence-electron chi connectivity index (χ4n) is 2.72. The minimum atomic E-state index is -3.64. The van der Waals surface area contributed by atoms with Gasteiger partial charge in [0.2, 0.25) is 10.0 Å². The van der Waals surface area contributed by atoms with E-state index in [9.17, 15) is 13.2 Å². The molecule has 0 aliphatic carbocycles. The molecule has 0 bridgehead atoms. The zero-order valence-corrected chi connectivity index (χ0v) is 15.1. The van der Waals surface area contributed by atoms with Gasteiger partial charge in [-0.25, -0.2) is 8.42 Å². The highest BCUT2D eigenvalue weighted by atomic mass is 35.5. The van der Waals surface area contributed by atoms with Gasteiger partial charge in [0.25, 0.3) is 5.91 Å². The van der Waals surface area contributed by atoms with E-state index in [1.54, 1.807) is 6.07 Å². The van der Waals surface area contributed by atoms with Crippen LogP contribution >= 0.6 is 11.6 Å². The number of sulfonamides is 1. The quantitative estimate of drug-likeness (QED) is 0.849. The molecule has 0 radical (unpaired) electrons. The molecule has 1 aromatic rings. The number of nitrogens with zero attached hydrogens (tertiary/aromatic N) is 1. The van der Waals surface area contributed by atoms with Crippen molar-refractivity contribution in [1.29, 1.82) is 0 Å². The summed E-state index contributed by atoms with van der Waals surface area (Å²) in [6.45, 7) is 4.98. The first-order chi connectivity index (χ1) is 10.9. The minimum Gasteiger partial charge on any atom is -0.350 e. The molecule has 0 aromatic heterocycles. The molecule has 1 saturated heterocycles. The van der Waals surface area contributed by atoms with Gasteiger partial charge in [0.1, 0.15) is 4.90 Å². The molecule has 5 nitrogen and oxygen atoms in total. The molecule has 1 fully saturated rings. The van der Waals surface area contributed by atoms with Crippen molar-refractivity contribution in [2.75, 3.05) is 13.1 Å². The predicted molar refractivity (Wildman–Crippen MR) is 91.3 cm³/mol. The van der Waals surface area contributed by atoms with Gasteiger partial charge in [0.15, 0.2) is 0 Å². The van der Waals surface area contributed by atoms with Gasteiger partial charge in [-0.1, -0.05) is 24.9 Å². The highest BCUT2D eigenvalue weighted by Gasteiger charge is 2.29. The summed E-state index contributed by atoms with van der Waals surface area (Å²) in [5, 5.41) is 3.02. The molecule has 1 amide bonds. The third-order valence-corrected chi connectivity index (χ3v) is 6.36. The van der Waals surface area contributed by atoms with Crippen LogP contribution in [-0.2, 0) is 10.0 Å². The number of carbonyl (C=O) groups excluding carboxylic acids is 1. The molecule has 1 heterocycles. The Morgan fingerprint density at radius 2 is 2.00 bits per heavy atom. The van der Waals surface area contributed by atoms with Crippen molar-refractivity contribution in [3.63, 3.8) is 0 Å². The summed E-state index contributed by atoms with van der Waals surface area (Å²) in [6.07, 6.45) is 3.55. The first-order valence-corrected chi connectivity index (χ1v) is 9.78. The van der Waals surface area contributed by atoms with E-state index in [2.05, 4.69) is 5.32 Å². The maximum Gasteiger partial charge on any atom is 0.251 e. The van der Waals surface area contributed by atoms with Gasteiger partial charge < -0.3 is 5.32 Å². The first kappa shape index (κ1) is 18.2. The molecule has 23 heavy (non-hydrogen) atoms. The number of carbonyl (C=O) groups is 1. The van der Waals surface area contributed by atoms with E-state index in [-0.39, 0.29) is 21.9 Å². The molecule has 1 aliphatic rings. The largest absolute Gasteiger partial charge is 0.350 e. The summed E-state index contributed by atoms with van der Waals surface area (Å²) >= 11 is 6.08. The van der Waals surface area contributed by atoms with E-state index in [0.29, 0.717) is 18.7 Å². The van der Waals surface area contributed by atoms with Gasteiger partial charge in [-0.2, -0.15) is 4.31 Å².